The molecule has 0 bridgehead atoms. The summed E-state index contributed by atoms with van der Waals surface area (Å²) in [7, 11) is 0. The molecule has 4 heterocycles. The molecule has 0 aromatic carbocycles. The molecule has 1 amide bonds. The van der Waals surface area contributed by atoms with Crippen LogP contribution in [0.25, 0.3) is 11.0 Å². The third-order valence-electron chi connectivity index (χ3n) is 4.10. The van der Waals surface area contributed by atoms with Crippen molar-refractivity contribution in [2.75, 3.05) is 30.3 Å². The lowest BCUT2D eigenvalue weighted by atomic mass is 10.1. The minimum Gasteiger partial charge on any atom is -0.368 e. The summed E-state index contributed by atoms with van der Waals surface area (Å²) in [6.45, 7) is 2.30. The van der Waals surface area contributed by atoms with Gasteiger partial charge in [0.25, 0.3) is 0 Å². The average molecular weight is 273 g/mol. The van der Waals surface area contributed by atoms with Crippen molar-refractivity contribution in [1.82, 2.24) is 25.1 Å². The molecule has 1 atom stereocenters. The summed E-state index contributed by atoms with van der Waals surface area (Å²) in [6.07, 6.45) is 3.30. The molecule has 2 aromatic rings. The molecule has 0 saturated carbocycles. The molecule has 0 aliphatic carbocycles. The standard InChI is InChI=1S/C12H15N7O/c13-12-15-10-8(5-14-17-10)11(16-12)18-3-4-19-7(6-18)1-2-9(19)20/h5,7H,1-4,6H2,(H3,13,14,15,16,17). The maximum absolute atomic E-state index is 11.7. The molecule has 20 heavy (non-hydrogen) atoms. The Morgan fingerprint density at radius 1 is 1.35 bits per heavy atom. The molecule has 2 aliphatic heterocycles. The number of amides is 1. The zero-order valence-electron chi connectivity index (χ0n) is 10.9. The van der Waals surface area contributed by atoms with Gasteiger partial charge in [0.1, 0.15) is 5.82 Å². The van der Waals surface area contributed by atoms with E-state index >= 15 is 0 Å². The number of H-pyrrole nitrogens is 1. The van der Waals surface area contributed by atoms with Crippen molar-refractivity contribution in [3.63, 3.8) is 0 Å². The number of carbonyl (C=O) groups excluding carboxylic acids is 1. The van der Waals surface area contributed by atoms with Gasteiger partial charge in [-0.2, -0.15) is 15.1 Å². The van der Waals surface area contributed by atoms with E-state index in [2.05, 4.69) is 25.1 Å². The van der Waals surface area contributed by atoms with E-state index in [9.17, 15) is 4.79 Å². The number of fused-ring (bicyclic) bond motifs is 2. The third kappa shape index (κ3) is 1.60. The highest BCUT2D eigenvalue weighted by molar-refractivity contribution is 5.87. The molecule has 1 unspecified atom stereocenters. The minimum atomic E-state index is 0.238. The first-order valence-corrected chi connectivity index (χ1v) is 6.73. The fourth-order valence-electron chi connectivity index (χ4n) is 3.13. The highest BCUT2D eigenvalue weighted by Crippen LogP contribution is 2.29. The van der Waals surface area contributed by atoms with Crippen LogP contribution in [0.5, 0.6) is 0 Å². The van der Waals surface area contributed by atoms with Crippen molar-refractivity contribution in [1.29, 1.82) is 0 Å². The second-order valence-corrected chi connectivity index (χ2v) is 5.26. The quantitative estimate of drug-likeness (QED) is 0.742. The van der Waals surface area contributed by atoms with Gasteiger partial charge in [-0.1, -0.05) is 0 Å². The van der Waals surface area contributed by atoms with Crippen LogP contribution in [-0.4, -0.2) is 56.6 Å². The fourth-order valence-corrected chi connectivity index (χ4v) is 3.13. The van der Waals surface area contributed by atoms with Gasteiger partial charge in [-0.3, -0.25) is 9.89 Å². The molecule has 2 saturated heterocycles. The molecule has 2 fully saturated rings. The van der Waals surface area contributed by atoms with Gasteiger partial charge >= 0.3 is 0 Å². The number of hydrogen-bond donors (Lipinski definition) is 2. The lowest BCUT2D eigenvalue weighted by molar-refractivity contribution is -0.129. The Morgan fingerprint density at radius 3 is 3.15 bits per heavy atom. The van der Waals surface area contributed by atoms with Crippen molar-refractivity contribution in [2.45, 2.75) is 18.9 Å². The SMILES string of the molecule is Nc1nc(N2CCN3C(=O)CCC3C2)c2cn[nH]c2n1. The van der Waals surface area contributed by atoms with E-state index in [1.54, 1.807) is 6.20 Å². The number of nitrogen functional groups attached to an aromatic ring is 1. The third-order valence-corrected chi connectivity index (χ3v) is 4.10. The first kappa shape index (κ1) is 11.4. The normalized spacial score (nSPS) is 22.6. The molecule has 8 heteroatoms. The first-order chi connectivity index (χ1) is 9.72. The Labute approximate surface area is 115 Å². The van der Waals surface area contributed by atoms with Crippen LogP contribution in [0.15, 0.2) is 6.20 Å². The van der Waals surface area contributed by atoms with Crippen molar-refractivity contribution in [2.24, 2.45) is 0 Å². The van der Waals surface area contributed by atoms with Gasteiger partial charge in [-0.25, -0.2) is 0 Å². The van der Waals surface area contributed by atoms with Crippen LogP contribution in [-0.2, 0) is 4.79 Å². The number of nitrogens with zero attached hydrogens (tertiary/aromatic N) is 5. The molecule has 2 aliphatic rings. The topological polar surface area (TPSA) is 104 Å². The largest absolute Gasteiger partial charge is 0.368 e. The minimum absolute atomic E-state index is 0.238. The second kappa shape index (κ2) is 4.06. The molecule has 3 N–H and O–H groups in total. The van der Waals surface area contributed by atoms with Crippen molar-refractivity contribution < 1.29 is 4.79 Å². The lowest BCUT2D eigenvalue weighted by Gasteiger charge is -2.38. The van der Waals surface area contributed by atoms with E-state index in [0.29, 0.717) is 12.1 Å². The molecule has 2 aromatic heterocycles. The van der Waals surface area contributed by atoms with E-state index in [4.69, 9.17) is 5.73 Å². The van der Waals surface area contributed by atoms with Crippen LogP contribution in [0.1, 0.15) is 12.8 Å². The highest BCUT2D eigenvalue weighted by atomic mass is 16.2. The number of carbonyl (C=O) groups is 1. The predicted octanol–water partition coefficient (Wildman–Crippen LogP) is -0.254. The summed E-state index contributed by atoms with van der Waals surface area (Å²) < 4.78 is 0. The maximum Gasteiger partial charge on any atom is 0.224 e. The van der Waals surface area contributed by atoms with E-state index in [0.717, 1.165) is 37.3 Å². The van der Waals surface area contributed by atoms with Crippen LogP contribution in [0.3, 0.4) is 0 Å². The Balaban J connectivity index is 1.70. The van der Waals surface area contributed by atoms with Crippen LogP contribution >= 0.6 is 0 Å². The van der Waals surface area contributed by atoms with Crippen LogP contribution in [0.4, 0.5) is 11.8 Å². The number of nitrogens with two attached hydrogens (primary N) is 1. The van der Waals surface area contributed by atoms with Gasteiger partial charge < -0.3 is 15.5 Å². The summed E-state index contributed by atoms with van der Waals surface area (Å²) in [5.41, 5.74) is 6.41. The number of aromatic amines is 1. The summed E-state index contributed by atoms with van der Waals surface area (Å²) in [5.74, 6) is 1.31. The van der Waals surface area contributed by atoms with Crippen LogP contribution in [0.2, 0.25) is 0 Å². The van der Waals surface area contributed by atoms with Crippen molar-refractivity contribution in [3.8, 4) is 0 Å². The number of hydrogen-bond acceptors (Lipinski definition) is 6. The zero-order valence-corrected chi connectivity index (χ0v) is 10.9. The molecule has 8 nitrogen and oxygen atoms in total. The second-order valence-electron chi connectivity index (χ2n) is 5.26. The molecular weight excluding hydrogens is 258 g/mol. The Kier molecular flexibility index (Phi) is 2.32. The Bertz CT molecular complexity index is 681. The number of rotatable bonds is 1. The molecule has 0 spiro atoms. The number of nitrogens with one attached hydrogen (secondary N) is 1. The Hall–Kier alpha value is -2.38. The lowest BCUT2D eigenvalue weighted by Crippen LogP contribution is -2.51. The highest BCUT2D eigenvalue weighted by Gasteiger charge is 2.36. The zero-order chi connectivity index (χ0) is 13.7. The van der Waals surface area contributed by atoms with Crippen molar-refractivity contribution >= 4 is 28.7 Å². The average Bonchev–Trinajstić information content (AvgIpc) is 3.04. The summed E-state index contributed by atoms with van der Waals surface area (Å²) in [5, 5.41) is 7.70. The van der Waals surface area contributed by atoms with Crippen LogP contribution < -0.4 is 10.6 Å². The van der Waals surface area contributed by atoms with Gasteiger partial charge in [0.15, 0.2) is 5.65 Å². The van der Waals surface area contributed by atoms with E-state index in [1.807, 2.05) is 4.90 Å². The predicted molar refractivity (Wildman–Crippen MR) is 73.0 cm³/mol. The Morgan fingerprint density at radius 2 is 2.25 bits per heavy atom. The smallest absolute Gasteiger partial charge is 0.224 e. The molecule has 4 rings (SSSR count). The molecule has 0 radical (unpaired) electrons. The summed E-state index contributed by atoms with van der Waals surface area (Å²) in [4.78, 5) is 24.4. The van der Waals surface area contributed by atoms with E-state index in [-0.39, 0.29) is 17.9 Å². The van der Waals surface area contributed by atoms with Gasteiger partial charge in [0.2, 0.25) is 11.9 Å². The van der Waals surface area contributed by atoms with Crippen LogP contribution in [0, 0.1) is 0 Å². The number of aromatic nitrogens is 4. The first-order valence-electron chi connectivity index (χ1n) is 6.73. The van der Waals surface area contributed by atoms with E-state index < -0.39 is 0 Å². The fraction of sp³-hybridized carbons (Fsp3) is 0.500. The van der Waals surface area contributed by atoms with Gasteiger partial charge in [0, 0.05) is 32.1 Å². The molecule has 104 valence electrons. The van der Waals surface area contributed by atoms with Gasteiger partial charge in [-0.15, -0.1) is 0 Å². The van der Waals surface area contributed by atoms with Crippen molar-refractivity contribution in [3.05, 3.63) is 6.20 Å². The molecular formula is C12H15N7O. The number of anilines is 2. The maximum atomic E-state index is 11.7. The van der Waals surface area contributed by atoms with Gasteiger partial charge in [0.05, 0.1) is 11.6 Å². The van der Waals surface area contributed by atoms with E-state index in [1.165, 1.54) is 0 Å². The van der Waals surface area contributed by atoms with Gasteiger partial charge in [-0.05, 0) is 6.42 Å². The summed E-state index contributed by atoms with van der Waals surface area (Å²) in [6, 6.07) is 0.286. The monoisotopic (exact) mass is 273 g/mol. The number of piperazine rings is 1. The summed E-state index contributed by atoms with van der Waals surface area (Å²) >= 11 is 0.